The molecule has 0 unspecified atom stereocenters. The van der Waals surface area contributed by atoms with E-state index in [9.17, 15) is 20.1 Å². The minimum Gasteiger partial charge on any atom is -0.504 e. The Balaban J connectivity index is 2.74. The molecule has 0 aromatic heterocycles. The summed E-state index contributed by atoms with van der Waals surface area (Å²) in [5.74, 6) is -2.21. The molecule has 4 heteroatoms. The Hall–Kier alpha value is -2.49. The van der Waals surface area contributed by atoms with Gasteiger partial charge in [-0.3, -0.25) is 0 Å². The van der Waals surface area contributed by atoms with E-state index in [1.807, 2.05) is 6.07 Å². The van der Waals surface area contributed by atoms with Crippen LogP contribution in [0, 0.1) is 0 Å². The zero-order valence-corrected chi connectivity index (χ0v) is 17.9. The van der Waals surface area contributed by atoms with Crippen molar-refractivity contribution < 1.29 is 20.1 Å². The Kier molecular flexibility index (Phi) is 8.56. The second-order valence-corrected chi connectivity index (χ2v) is 7.70. The van der Waals surface area contributed by atoms with E-state index in [-0.39, 0.29) is 5.56 Å². The Morgan fingerprint density at radius 2 is 1.31 bits per heavy atom. The largest absolute Gasteiger partial charge is 0.504 e. The van der Waals surface area contributed by atoms with E-state index in [1.165, 1.54) is 22.8 Å². The Labute approximate surface area is 174 Å². The fourth-order valence-corrected chi connectivity index (χ4v) is 3.92. The smallest absolute Gasteiger partial charge is 0.340 e. The molecule has 0 aliphatic rings. The first-order valence-corrected chi connectivity index (χ1v) is 10.9. The van der Waals surface area contributed by atoms with Crippen LogP contribution in [-0.4, -0.2) is 21.3 Å². The van der Waals surface area contributed by atoms with Crippen LogP contribution in [0.3, 0.4) is 0 Å². The van der Waals surface area contributed by atoms with Crippen molar-refractivity contribution in [3.05, 3.63) is 46.5 Å². The number of aromatic hydroxyl groups is 2. The number of carboxylic acid groups (broad SMARTS) is 1. The van der Waals surface area contributed by atoms with Crippen molar-refractivity contribution in [3.8, 4) is 22.6 Å². The maximum atomic E-state index is 11.9. The molecule has 4 nitrogen and oxygen atoms in total. The first-order valence-electron chi connectivity index (χ1n) is 10.9. The molecule has 2 aromatic rings. The van der Waals surface area contributed by atoms with Gasteiger partial charge in [0, 0.05) is 5.56 Å². The minimum atomic E-state index is -1.24. The number of aromatic carboxylic acids is 1. The van der Waals surface area contributed by atoms with Gasteiger partial charge in [0.25, 0.3) is 0 Å². The lowest BCUT2D eigenvalue weighted by molar-refractivity contribution is 0.0694. The molecule has 2 rings (SSSR count). The van der Waals surface area contributed by atoms with Gasteiger partial charge in [0.05, 0.1) is 0 Å². The lowest BCUT2D eigenvalue weighted by atomic mass is 9.84. The van der Waals surface area contributed by atoms with Crippen LogP contribution in [0.2, 0.25) is 0 Å². The van der Waals surface area contributed by atoms with Gasteiger partial charge in [-0.1, -0.05) is 52.2 Å². The molecule has 0 radical (unpaired) electrons. The fraction of sp³-hybridized carbons (Fsp3) is 0.480. The van der Waals surface area contributed by atoms with E-state index in [4.69, 9.17) is 0 Å². The Bertz CT molecular complexity index is 839. The summed E-state index contributed by atoms with van der Waals surface area (Å²) in [6.45, 7) is 6.53. The van der Waals surface area contributed by atoms with Crippen LogP contribution >= 0.6 is 0 Å². The SMILES string of the molecule is CCCCc1ccc(-c2ccc(O)c(O)c2C(=O)O)c(CCCC)c1CCCC. The van der Waals surface area contributed by atoms with E-state index < -0.39 is 17.5 Å². The van der Waals surface area contributed by atoms with Crippen molar-refractivity contribution in [1.29, 1.82) is 0 Å². The minimum absolute atomic E-state index is 0.231. The predicted molar refractivity (Wildman–Crippen MR) is 118 cm³/mol. The molecule has 29 heavy (non-hydrogen) atoms. The van der Waals surface area contributed by atoms with Crippen molar-refractivity contribution in [1.82, 2.24) is 0 Å². The maximum Gasteiger partial charge on any atom is 0.340 e. The van der Waals surface area contributed by atoms with Crippen molar-refractivity contribution in [3.63, 3.8) is 0 Å². The molecule has 2 aromatic carbocycles. The molecular weight excluding hydrogens is 364 g/mol. The molecule has 158 valence electrons. The van der Waals surface area contributed by atoms with E-state index >= 15 is 0 Å². The van der Waals surface area contributed by atoms with Crippen LogP contribution in [0.1, 0.15) is 86.3 Å². The first-order chi connectivity index (χ1) is 14.0. The Morgan fingerprint density at radius 1 is 0.759 bits per heavy atom. The van der Waals surface area contributed by atoms with Crippen LogP contribution in [-0.2, 0) is 19.3 Å². The van der Waals surface area contributed by atoms with E-state index in [0.717, 1.165) is 63.4 Å². The van der Waals surface area contributed by atoms with Crippen LogP contribution in [0.15, 0.2) is 24.3 Å². The molecule has 0 spiro atoms. The third-order valence-electron chi connectivity index (χ3n) is 5.55. The zero-order chi connectivity index (χ0) is 21.4. The van der Waals surface area contributed by atoms with Gasteiger partial charge in [0.2, 0.25) is 0 Å². The van der Waals surface area contributed by atoms with E-state index in [1.54, 1.807) is 6.07 Å². The lowest BCUT2D eigenvalue weighted by Gasteiger charge is -2.21. The van der Waals surface area contributed by atoms with Crippen molar-refractivity contribution >= 4 is 5.97 Å². The number of carbonyl (C=O) groups is 1. The number of benzene rings is 2. The summed E-state index contributed by atoms with van der Waals surface area (Å²) in [5.41, 5.74) is 4.99. The topological polar surface area (TPSA) is 77.8 Å². The quantitative estimate of drug-likeness (QED) is 0.378. The van der Waals surface area contributed by atoms with Crippen molar-refractivity contribution in [2.75, 3.05) is 0 Å². The number of phenols is 2. The maximum absolute atomic E-state index is 11.9. The number of hydrogen-bond acceptors (Lipinski definition) is 3. The van der Waals surface area contributed by atoms with Gasteiger partial charge in [-0.2, -0.15) is 0 Å². The molecule has 0 atom stereocenters. The monoisotopic (exact) mass is 398 g/mol. The third kappa shape index (κ3) is 5.31. The Morgan fingerprint density at radius 3 is 1.90 bits per heavy atom. The predicted octanol–water partition coefficient (Wildman–Crippen LogP) is 6.49. The summed E-state index contributed by atoms with van der Waals surface area (Å²) >= 11 is 0. The number of carboxylic acids is 1. The second-order valence-electron chi connectivity index (χ2n) is 7.70. The van der Waals surface area contributed by atoms with Crippen molar-refractivity contribution in [2.45, 2.75) is 78.6 Å². The molecular formula is C25H34O4. The molecule has 0 aliphatic carbocycles. The number of rotatable bonds is 11. The number of hydrogen-bond donors (Lipinski definition) is 3. The molecule has 0 aliphatic heterocycles. The van der Waals surface area contributed by atoms with Crippen molar-refractivity contribution in [2.24, 2.45) is 0 Å². The van der Waals surface area contributed by atoms with E-state index in [2.05, 4.69) is 26.8 Å². The summed E-state index contributed by atoms with van der Waals surface area (Å²) in [6.07, 6.45) is 9.43. The molecule has 0 saturated carbocycles. The molecule has 0 heterocycles. The number of phenolic OH excluding ortho intramolecular Hbond substituents is 1. The average Bonchev–Trinajstić information content (AvgIpc) is 2.70. The summed E-state index contributed by atoms with van der Waals surface area (Å²) in [6, 6.07) is 7.11. The van der Waals surface area contributed by atoms with Gasteiger partial charge in [0.15, 0.2) is 11.5 Å². The van der Waals surface area contributed by atoms with Gasteiger partial charge >= 0.3 is 5.97 Å². The lowest BCUT2D eigenvalue weighted by Crippen LogP contribution is -2.07. The molecule has 0 bridgehead atoms. The number of unbranched alkanes of at least 4 members (excludes halogenated alkanes) is 3. The van der Waals surface area contributed by atoms with Gasteiger partial charge < -0.3 is 15.3 Å². The van der Waals surface area contributed by atoms with Crippen LogP contribution in [0.25, 0.3) is 11.1 Å². The first kappa shape index (κ1) is 22.8. The second kappa shape index (κ2) is 10.9. The fourth-order valence-electron chi connectivity index (χ4n) is 3.92. The summed E-state index contributed by atoms with van der Waals surface area (Å²) in [4.78, 5) is 11.9. The summed E-state index contributed by atoms with van der Waals surface area (Å²) < 4.78 is 0. The molecule has 0 amide bonds. The number of aryl methyl sites for hydroxylation is 1. The highest BCUT2D eigenvalue weighted by Gasteiger charge is 2.23. The zero-order valence-electron chi connectivity index (χ0n) is 17.9. The molecule has 0 saturated heterocycles. The molecule has 3 N–H and O–H groups in total. The third-order valence-corrected chi connectivity index (χ3v) is 5.55. The van der Waals surface area contributed by atoms with Gasteiger partial charge in [-0.15, -0.1) is 0 Å². The standard InChI is InChI=1S/C25H34O4/c1-4-7-10-17-13-14-20(19(12-9-6-3)18(17)11-8-5-2)21-15-16-22(26)24(27)23(21)25(28)29/h13-16,26-27H,4-12H2,1-3H3,(H,28,29). The highest BCUT2D eigenvalue weighted by atomic mass is 16.4. The van der Waals surface area contributed by atoms with E-state index in [0.29, 0.717) is 5.56 Å². The highest BCUT2D eigenvalue weighted by Crippen LogP contribution is 2.40. The molecule has 0 fully saturated rings. The highest BCUT2D eigenvalue weighted by molar-refractivity contribution is 6.00. The summed E-state index contributed by atoms with van der Waals surface area (Å²) in [7, 11) is 0. The summed E-state index contributed by atoms with van der Waals surface area (Å²) in [5, 5.41) is 29.8. The van der Waals surface area contributed by atoms with Gasteiger partial charge in [-0.25, -0.2) is 4.79 Å². The van der Waals surface area contributed by atoms with Crippen LogP contribution < -0.4 is 0 Å². The van der Waals surface area contributed by atoms with Gasteiger partial charge in [-0.05, 0) is 72.9 Å². The normalized spacial score (nSPS) is 11.0. The van der Waals surface area contributed by atoms with Crippen LogP contribution in [0.5, 0.6) is 11.5 Å². The van der Waals surface area contributed by atoms with Crippen LogP contribution in [0.4, 0.5) is 0 Å². The van der Waals surface area contributed by atoms with Gasteiger partial charge in [0.1, 0.15) is 5.56 Å². The average molecular weight is 399 g/mol.